The largest absolute Gasteiger partial charge is 0.384 e. The molecule has 0 radical (unpaired) electrons. The smallest absolute Gasteiger partial charge is 0.263 e. The average molecular weight is 309 g/mol. The zero-order valence-electron chi connectivity index (χ0n) is 12.6. The first-order valence-electron chi connectivity index (χ1n) is 7.33. The van der Waals surface area contributed by atoms with E-state index in [1.54, 1.807) is 4.90 Å². The molecule has 2 N–H and O–H groups in total. The quantitative estimate of drug-likeness (QED) is 0.516. The van der Waals surface area contributed by atoms with E-state index in [2.05, 4.69) is 12.1 Å². The maximum atomic E-state index is 12.1. The molecule has 0 atom stereocenters. The maximum absolute atomic E-state index is 12.1. The van der Waals surface area contributed by atoms with Gasteiger partial charge in [0.1, 0.15) is 0 Å². The van der Waals surface area contributed by atoms with Crippen molar-refractivity contribution >= 4 is 23.1 Å². The van der Waals surface area contributed by atoms with Gasteiger partial charge in [-0.3, -0.25) is 4.79 Å². The van der Waals surface area contributed by atoms with E-state index in [1.807, 2.05) is 24.6 Å². The Morgan fingerprint density at radius 3 is 2.81 bits per heavy atom. The summed E-state index contributed by atoms with van der Waals surface area (Å²) in [4.78, 5) is 19.8. The molecule has 116 valence electrons. The summed E-state index contributed by atoms with van der Waals surface area (Å²) in [5, 5.41) is 5.72. The molecule has 5 nitrogen and oxygen atoms in total. The van der Waals surface area contributed by atoms with E-state index >= 15 is 0 Å². The maximum Gasteiger partial charge on any atom is 0.263 e. The molecule has 1 aromatic rings. The van der Waals surface area contributed by atoms with Gasteiger partial charge in [0.2, 0.25) is 0 Å². The summed E-state index contributed by atoms with van der Waals surface area (Å²) in [6.07, 6.45) is 4.52. The molecular weight excluding hydrogens is 286 g/mol. The zero-order valence-corrected chi connectivity index (χ0v) is 13.4. The van der Waals surface area contributed by atoms with E-state index < -0.39 is 0 Å². The Morgan fingerprint density at radius 2 is 2.19 bits per heavy atom. The topological polar surface area (TPSA) is 67.9 Å². The van der Waals surface area contributed by atoms with Crippen LogP contribution < -0.4 is 5.73 Å². The second-order valence-electron chi connectivity index (χ2n) is 5.65. The third-order valence-electron chi connectivity index (χ3n) is 4.05. The van der Waals surface area contributed by atoms with Gasteiger partial charge in [-0.15, -0.1) is 11.3 Å². The number of hydrogen-bond donors (Lipinski definition) is 1. The van der Waals surface area contributed by atoms with Gasteiger partial charge in [0.05, 0.1) is 4.88 Å². The molecule has 0 spiro atoms. The SMILES string of the molecule is CC1CCC(N(C)C(=O)CON=C(N)c2cccs2)CC1. The molecule has 0 aliphatic heterocycles. The van der Waals surface area contributed by atoms with E-state index in [0.717, 1.165) is 23.6 Å². The van der Waals surface area contributed by atoms with Gasteiger partial charge < -0.3 is 15.5 Å². The van der Waals surface area contributed by atoms with Crippen molar-refractivity contribution in [3.63, 3.8) is 0 Å². The Kier molecular flexibility index (Phi) is 5.61. The number of nitrogens with two attached hydrogens (primary N) is 1. The molecular formula is C15H23N3O2S. The van der Waals surface area contributed by atoms with E-state index in [4.69, 9.17) is 10.6 Å². The van der Waals surface area contributed by atoms with Crippen molar-refractivity contribution in [3.05, 3.63) is 22.4 Å². The number of rotatable bonds is 5. The summed E-state index contributed by atoms with van der Waals surface area (Å²) >= 11 is 1.49. The number of nitrogens with zero attached hydrogens (tertiary/aromatic N) is 2. The second-order valence-corrected chi connectivity index (χ2v) is 6.59. The van der Waals surface area contributed by atoms with Crippen LogP contribution in [-0.2, 0) is 9.63 Å². The molecule has 0 aromatic carbocycles. The Labute approximate surface area is 129 Å². The molecule has 1 aromatic heterocycles. The summed E-state index contributed by atoms with van der Waals surface area (Å²) in [6.45, 7) is 2.21. The molecule has 1 aliphatic carbocycles. The number of oxime groups is 1. The highest BCUT2D eigenvalue weighted by Gasteiger charge is 2.24. The predicted molar refractivity (Wildman–Crippen MR) is 85.2 cm³/mol. The van der Waals surface area contributed by atoms with Crippen LogP contribution in [0.3, 0.4) is 0 Å². The Morgan fingerprint density at radius 1 is 1.48 bits per heavy atom. The molecule has 1 fully saturated rings. The monoisotopic (exact) mass is 309 g/mol. The fourth-order valence-corrected chi connectivity index (χ4v) is 3.18. The summed E-state index contributed by atoms with van der Waals surface area (Å²) in [7, 11) is 1.85. The van der Waals surface area contributed by atoms with Crippen LogP contribution in [0.4, 0.5) is 0 Å². The standard InChI is InChI=1S/C15H23N3O2S/c1-11-5-7-12(8-6-11)18(2)14(19)10-20-17-15(16)13-4-3-9-21-13/h3-4,9,11-12H,5-8,10H2,1-2H3,(H2,16,17). The molecule has 1 saturated carbocycles. The summed E-state index contributed by atoms with van der Waals surface area (Å²) in [6, 6.07) is 4.09. The number of likely N-dealkylation sites (N-methyl/N-ethyl adjacent to an activating group) is 1. The fourth-order valence-electron chi connectivity index (χ4n) is 2.56. The van der Waals surface area contributed by atoms with E-state index in [1.165, 1.54) is 24.2 Å². The minimum absolute atomic E-state index is 0.0442. The third kappa shape index (κ3) is 4.46. The third-order valence-corrected chi connectivity index (χ3v) is 4.94. The van der Waals surface area contributed by atoms with Crippen LogP contribution in [0, 0.1) is 5.92 Å². The van der Waals surface area contributed by atoms with Crippen molar-refractivity contribution in [1.82, 2.24) is 4.90 Å². The second kappa shape index (κ2) is 7.45. The number of hydrogen-bond acceptors (Lipinski definition) is 4. The van der Waals surface area contributed by atoms with Gasteiger partial charge in [-0.25, -0.2) is 0 Å². The first kappa shape index (κ1) is 15.8. The molecule has 0 unspecified atom stereocenters. The van der Waals surface area contributed by atoms with Gasteiger partial charge in [0.15, 0.2) is 12.4 Å². The number of carbonyl (C=O) groups excluding carboxylic acids is 1. The minimum atomic E-state index is -0.0609. The van der Waals surface area contributed by atoms with Crippen molar-refractivity contribution in [1.29, 1.82) is 0 Å². The van der Waals surface area contributed by atoms with Crippen molar-refractivity contribution < 1.29 is 9.63 Å². The molecule has 1 amide bonds. The molecule has 0 bridgehead atoms. The first-order chi connectivity index (χ1) is 10.1. The van der Waals surface area contributed by atoms with Crippen LogP contribution in [0.5, 0.6) is 0 Å². The van der Waals surface area contributed by atoms with Gasteiger partial charge in [-0.1, -0.05) is 18.1 Å². The van der Waals surface area contributed by atoms with Crippen molar-refractivity contribution in [2.75, 3.05) is 13.7 Å². The number of amides is 1. The number of thiophene rings is 1. The van der Waals surface area contributed by atoms with Crippen LogP contribution in [0.25, 0.3) is 0 Å². The Balaban J connectivity index is 1.77. The highest BCUT2D eigenvalue weighted by atomic mass is 32.1. The summed E-state index contributed by atoms with van der Waals surface area (Å²) in [5.74, 6) is 1.04. The summed E-state index contributed by atoms with van der Waals surface area (Å²) in [5.41, 5.74) is 5.77. The summed E-state index contributed by atoms with van der Waals surface area (Å²) < 4.78 is 0. The number of carbonyl (C=O) groups is 1. The van der Waals surface area contributed by atoms with Crippen LogP contribution >= 0.6 is 11.3 Å². The van der Waals surface area contributed by atoms with Gasteiger partial charge in [0.25, 0.3) is 5.91 Å². The van der Waals surface area contributed by atoms with Gasteiger partial charge in [-0.2, -0.15) is 0 Å². The van der Waals surface area contributed by atoms with Crippen molar-refractivity contribution in [2.24, 2.45) is 16.8 Å². The molecule has 6 heteroatoms. The van der Waals surface area contributed by atoms with Crippen LogP contribution in [0.2, 0.25) is 0 Å². The fraction of sp³-hybridized carbons (Fsp3) is 0.600. The van der Waals surface area contributed by atoms with Gasteiger partial charge in [0, 0.05) is 13.1 Å². The van der Waals surface area contributed by atoms with E-state index in [9.17, 15) is 4.79 Å². The van der Waals surface area contributed by atoms with Gasteiger partial charge >= 0.3 is 0 Å². The normalized spacial score (nSPS) is 22.9. The minimum Gasteiger partial charge on any atom is -0.384 e. The van der Waals surface area contributed by atoms with Crippen LogP contribution in [-0.4, -0.2) is 36.3 Å². The van der Waals surface area contributed by atoms with Crippen molar-refractivity contribution in [2.45, 2.75) is 38.6 Å². The molecule has 0 saturated heterocycles. The predicted octanol–water partition coefficient (Wildman–Crippen LogP) is 2.42. The Hall–Kier alpha value is -1.56. The Bertz CT molecular complexity index is 479. The first-order valence-corrected chi connectivity index (χ1v) is 8.21. The van der Waals surface area contributed by atoms with Gasteiger partial charge in [-0.05, 0) is 43.0 Å². The van der Waals surface area contributed by atoms with Crippen molar-refractivity contribution in [3.8, 4) is 0 Å². The highest BCUT2D eigenvalue weighted by molar-refractivity contribution is 7.12. The van der Waals surface area contributed by atoms with E-state index in [0.29, 0.717) is 11.9 Å². The zero-order chi connectivity index (χ0) is 15.2. The lowest BCUT2D eigenvalue weighted by Gasteiger charge is -2.33. The lowest BCUT2D eigenvalue weighted by molar-refractivity contribution is -0.137. The highest BCUT2D eigenvalue weighted by Crippen LogP contribution is 2.26. The molecule has 1 heterocycles. The lowest BCUT2D eigenvalue weighted by atomic mass is 9.87. The molecule has 21 heavy (non-hydrogen) atoms. The van der Waals surface area contributed by atoms with E-state index in [-0.39, 0.29) is 12.5 Å². The van der Waals surface area contributed by atoms with Crippen LogP contribution in [0.15, 0.2) is 22.7 Å². The molecule has 1 aliphatic rings. The molecule has 2 rings (SSSR count). The lowest BCUT2D eigenvalue weighted by Crippen LogP contribution is -2.41. The number of amidine groups is 1. The van der Waals surface area contributed by atoms with Crippen LogP contribution in [0.1, 0.15) is 37.5 Å². The average Bonchev–Trinajstić information content (AvgIpc) is 3.01.